The van der Waals surface area contributed by atoms with Gasteiger partial charge in [-0.1, -0.05) is 6.92 Å². The summed E-state index contributed by atoms with van der Waals surface area (Å²) in [6.45, 7) is 1.12. The molecule has 0 aromatic carbocycles. The van der Waals surface area contributed by atoms with E-state index in [1.165, 1.54) is 6.07 Å². The fourth-order valence-electron chi connectivity index (χ4n) is 1.18. The molecule has 0 saturated carbocycles. The molecule has 0 bridgehead atoms. The van der Waals surface area contributed by atoms with E-state index in [9.17, 15) is 4.79 Å². The summed E-state index contributed by atoms with van der Waals surface area (Å²) < 4.78 is 5.52. The van der Waals surface area contributed by atoms with Crippen LogP contribution in [0.4, 0.5) is 0 Å². The fraction of sp³-hybridized carbons (Fsp3) is 0.500. The number of aliphatic hydroxyl groups excluding tert-OH is 2. The number of furan rings is 1. The van der Waals surface area contributed by atoms with Crippen molar-refractivity contribution in [1.82, 2.24) is 5.32 Å². The van der Waals surface area contributed by atoms with Crippen LogP contribution < -0.4 is 5.32 Å². The largest absolute Gasteiger partial charge is 0.444 e. The number of aliphatic hydroxyl groups is 2. The van der Waals surface area contributed by atoms with Crippen molar-refractivity contribution in [3.05, 3.63) is 22.6 Å². The highest BCUT2D eigenvalue weighted by Crippen LogP contribution is 2.16. The minimum Gasteiger partial charge on any atom is -0.444 e. The molecule has 1 rings (SSSR count). The van der Waals surface area contributed by atoms with Crippen molar-refractivity contribution in [3.63, 3.8) is 0 Å². The highest BCUT2D eigenvalue weighted by atomic mass is 79.9. The molecule has 1 aromatic heterocycles. The number of nitrogens with one attached hydrogen (secondary N) is 1. The lowest BCUT2D eigenvalue weighted by Crippen LogP contribution is -2.53. The Morgan fingerprint density at radius 2 is 2.12 bits per heavy atom. The SMILES string of the molecule is CCC(CO)(CO)NC(=O)c1ccc(Br)o1. The van der Waals surface area contributed by atoms with E-state index in [1.807, 2.05) is 0 Å². The second-order valence-corrected chi connectivity index (χ2v) is 4.29. The average Bonchev–Trinajstić information content (AvgIpc) is 2.73. The van der Waals surface area contributed by atoms with Gasteiger partial charge in [0.15, 0.2) is 10.4 Å². The maximum atomic E-state index is 11.7. The van der Waals surface area contributed by atoms with Crippen molar-refractivity contribution in [2.75, 3.05) is 13.2 Å². The Bertz CT molecular complexity index is 351. The van der Waals surface area contributed by atoms with E-state index in [0.29, 0.717) is 11.1 Å². The third-order valence-electron chi connectivity index (χ3n) is 2.46. The predicted molar refractivity (Wildman–Crippen MR) is 61.1 cm³/mol. The Morgan fingerprint density at radius 3 is 2.50 bits per heavy atom. The van der Waals surface area contributed by atoms with Crippen LogP contribution in [0.3, 0.4) is 0 Å². The van der Waals surface area contributed by atoms with Gasteiger partial charge in [0.1, 0.15) is 0 Å². The Balaban J connectivity index is 2.76. The maximum absolute atomic E-state index is 11.7. The number of hydrogen-bond acceptors (Lipinski definition) is 4. The standard InChI is InChI=1S/C10H14BrNO4/c1-2-10(5-13,6-14)12-9(15)7-3-4-8(11)16-7/h3-4,13-14H,2,5-6H2,1H3,(H,12,15). The monoisotopic (exact) mass is 291 g/mol. The van der Waals surface area contributed by atoms with Crippen LogP contribution in [0.5, 0.6) is 0 Å². The minimum atomic E-state index is -1.00. The van der Waals surface area contributed by atoms with Crippen molar-refractivity contribution >= 4 is 21.8 Å². The molecular weight excluding hydrogens is 278 g/mol. The molecule has 0 spiro atoms. The summed E-state index contributed by atoms with van der Waals surface area (Å²) >= 11 is 3.09. The first-order valence-corrected chi connectivity index (χ1v) is 5.66. The molecule has 0 aliphatic heterocycles. The van der Waals surface area contributed by atoms with Crippen molar-refractivity contribution in [1.29, 1.82) is 0 Å². The molecule has 0 radical (unpaired) electrons. The van der Waals surface area contributed by atoms with Crippen LogP contribution in [-0.2, 0) is 0 Å². The van der Waals surface area contributed by atoms with Gasteiger partial charge < -0.3 is 19.9 Å². The van der Waals surface area contributed by atoms with Gasteiger partial charge in [0.05, 0.1) is 18.8 Å². The van der Waals surface area contributed by atoms with Crippen molar-refractivity contribution in [2.45, 2.75) is 18.9 Å². The molecule has 90 valence electrons. The molecule has 0 saturated heterocycles. The van der Waals surface area contributed by atoms with Gasteiger partial charge in [0.25, 0.3) is 5.91 Å². The number of rotatable bonds is 5. The van der Waals surface area contributed by atoms with E-state index in [1.54, 1.807) is 13.0 Å². The average molecular weight is 292 g/mol. The summed E-state index contributed by atoms with van der Waals surface area (Å²) in [6, 6.07) is 3.11. The molecule has 0 atom stereocenters. The van der Waals surface area contributed by atoms with Gasteiger partial charge in [-0.2, -0.15) is 0 Å². The minimum absolute atomic E-state index is 0.131. The maximum Gasteiger partial charge on any atom is 0.287 e. The van der Waals surface area contributed by atoms with Crippen LogP contribution in [0.25, 0.3) is 0 Å². The zero-order chi connectivity index (χ0) is 12.2. The van der Waals surface area contributed by atoms with Crippen LogP contribution in [0, 0.1) is 0 Å². The molecule has 0 fully saturated rings. The normalized spacial score (nSPS) is 11.5. The van der Waals surface area contributed by atoms with Crippen molar-refractivity contribution < 1.29 is 19.4 Å². The summed E-state index contributed by atoms with van der Waals surface area (Å²) in [5.74, 6) is -0.331. The molecule has 3 N–H and O–H groups in total. The molecular formula is C10H14BrNO4. The Kier molecular flexibility index (Phi) is 4.52. The second-order valence-electron chi connectivity index (χ2n) is 3.51. The van der Waals surface area contributed by atoms with E-state index in [-0.39, 0.29) is 19.0 Å². The van der Waals surface area contributed by atoms with E-state index >= 15 is 0 Å². The zero-order valence-corrected chi connectivity index (χ0v) is 10.5. The van der Waals surface area contributed by atoms with E-state index in [2.05, 4.69) is 21.2 Å². The van der Waals surface area contributed by atoms with Crippen LogP contribution >= 0.6 is 15.9 Å². The van der Waals surface area contributed by atoms with Crippen molar-refractivity contribution in [3.8, 4) is 0 Å². The van der Waals surface area contributed by atoms with Crippen LogP contribution in [0.1, 0.15) is 23.9 Å². The summed E-state index contributed by atoms with van der Waals surface area (Å²) in [6.07, 6.45) is 0.424. The van der Waals surface area contributed by atoms with Gasteiger partial charge in [-0.05, 0) is 34.5 Å². The summed E-state index contributed by atoms with van der Waals surface area (Å²) in [7, 11) is 0. The van der Waals surface area contributed by atoms with Gasteiger partial charge in [-0.3, -0.25) is 4.79 Å². The summed E-state index contributed by atoms with van der Waals surface area (Å²) in [5, 5.41) is 20.9. The number of halogens is 1. The van der Waals surface area contributed by atoms with Crippen LogP contribution in [-0.4, -0.2) is 34.9 Å². The van der Waals surface area contributed by atoms with Gasteiger partial charge in [-0.15, -0.1) is 0 Å². The zero-order valence-electron chi connectivity index (χ0n) is 8.86. The quantitative estimate of drug-likeness (QED) is 0.753. The molecule has 5 nitrogen and oxygen atoms in total. The molecule has 1 amide bonds. The van der Waals surface area contributed by atoms with E-state index in [0.717, 1.165) is 0 Å². The Hall–Kier alpha value is -0.850. The van der Waals surface area contributed by atoms with Crippen LogP contribution in [0.15, 0.2) is 21.2 Å². The van der Waals surface area contributed by atoms with Crippen LogP contribution in [0.2, 0.25) is 0 Å². The van der Waals surface area contributed by atoms with Crippen molar-refractivity contribution in [2.24, 2.45) is 0 Å². The number of carbonyl (C=O) groups is 1. The first kappa shape index (κ1) is 13.2. The highest BCUT2D eigenvalue weighted by molar-refractivity contribution is 9.10. The highest BCUT2D eigenvalue weighted by Gasteiger charge is 2.29. The third-order valence-corrected chi connectivity index (χ3v) is 2.88. The number of carbonyl (C=O) groups excluding carboxylic acids is 1. The number of amides is 1. The molecule has 1 aromatic rings. The van der Waals surface area contributed by atoms with Gasteiger partial charge in [0, 0.05) is 0 Å². The lowest BCUT2D eigenvalue weighted by Gasteiger charge is -2.29. The first-order valence-electron chi connectivity index (χ1n) is 4.86. The van der Waals surface area contributed by atoms with E-state index in [4.69, 9.17) is 14.6 Å². The van der Waals surface area contributed by atoms with Gasteiger partial charge >= 0.3 is 0 Å². The molecule has 6 heteroatoms. The second kappa shape index (κ2) is 5.47. The third kappa shape index (κ3) is 2.84. The topological polar surface area (TPSA) is 82.7 Å². The predicted octanol–water partition coefficient (Wildman–Crippen LogP) is 0.905. The Morgan fingerprint density at radius 1 is 1.50 bits per heavy atom. The molecule has 16 heavy (non-hydrogen) atoms. The number of hydrogen-bond donors (Lipinski definition) is 3. The molecule has 0 unspecified atom stereocenters. The van der Waals surface area contributed by atoms with Gasteiger partial charge in [0.2, 0.25) is 0 Å². The first-order chi connectivity index (χ1) is 7.56. The molecule has 0 aliphatic rings. The van der Waals surface area contributed by atoms with E-state index < -0.39 is 11.4 Å². The van der Waals surface area contributed by atoms with Gasteiger partial charge in [-0.25, -0.2) is 0 Å². The molecule has 0 aliphatic carbocycles. The fourth-order valence-corrected chi connectivity index (χ4v) is 1.49. The summed E-state index contributed by atoms with van der Waals surface area (Å²) in [5.41, 5.74) is -1.00. The Labute approximate surface area is 102 Å². The molecule has 1 heterocycles. The lowest BCUT2D eigenvalue weighted by atomic mass is 9.98. The lowest BCUT2D eigenvalue weighted by molar-refractivity contribution is 0.0631. The smallest absolute Gasteiger partial charge is 0.287 e. The summed E-state index contributed by atoms with van der Waals surface area (Å²) in [4.78, 5) is 11.7.